The molecule has 17 atom stereocenters. The molecule has 12 N–H and O–H groups in total. The van der Waals surface area contributed by atoms with E-state index in [0.29, 0.717) is 12.8 Å². The van der Waals surface area contributed by atoms with Crippen molar-refractivity contribution in [3.63, 3.8) is 0 Å². The Balaban J connectivity index is 1.36. The number of unbranched alkanes of at least 4 members (excludes halogenated alkanes) is 13. The van der Waals surface area contributed by atoms with E-state index < -0.39 is 124 Å². The van der Waals surface area contributed by atoms with Crippen LogP contribution in [-0.4, -0.2) is 193 Å². The summed E-state index contributed by atoms with van der Waals surface area (Å²) in [7, 11) is 0. The zero-order valence-corrected chi connectivity index (χ0v) is 60.1. The molecule has 17 unspecified atom stereocenters. The van der Waals surface area contributed by atoms with Gasteiger partial charge in [0.05, 0.1) is 38.6 Å². The number of hydrogen-bond donors (Lipinski definition) is 12. The summed E-state index contributed by atoms with van der Waals surface area (Å²) in [6, 6.07) is -1.02. The second-order valence-electron chi connectivity index (χ2n) is 25.7. The fraction of sp³-hybridized carbons (Fsp3) is 0.642. The minimum absolute atomic E-state index is 0.194. The molecule has 0 aromatic heterocycles. The van der Waals surface area contributed by atoms with Gasteiger partial charge in [0, 0.05) is 6.42 Å². The topological polar surface area (TPSA) is 307 Å². The van der Waals surface area contributed by atoms with Crippen molar-refractivity contribution in [2.75, 3.05) is 26.4 Å². The molecule has 0 saturated carbocycles. The van der Waals surface area contributed by atoms with E-state index in [2.05, 4.69) is 177 Å². The van der Waals surface area contributed by atoms with Gasteiger partial charge in [0.1, 0.15) is 73.2 Å². The summed E-state index contributed by atoms with van der Waals surface area (Å²) in [5.74, 6) is -0.318. The summed E-state index contributed by atoms with van der Waals surface area (Å²) in [6.07, 6.45) is 62.0. The summed E-state index contributed by atoms with van der Waals surface area (Å²) >= 11 is 0. The molecule has 0 radical (unpaired) electrons. The quantitative estimate of drug-likeness (QED) is 0.0199. The van der Waals surface area contributed by atoms with Gasteiger partial charge in [-0.15, -0.1) is 0 Å². The van der Waals surface area contributed by atoms with E-state index in [-0.39, 0.29) is 18.9 Å². The lowest BCUT2D eigenvalue weighted by atomic mass is 9.96. The minimum Gasteiger partial charge on any atom is -0.394 e. The lowest BCUT2D eigenvalue weighted by Gasteiger charge is -2.48. The molecule has 1 amide bonds. The van der Waals surface area contributed by atoms with Crippen LogP contribution in [0, 0.1) is 0 Å². The number of ether oxygens (including phenoxy) is 6. The second kappa shape index (κ2) is 59.5. The average molecular weight is 1400 g/mol. The number of aliphatic hydroxyl groups excluding tert-OH is 11. The van der Waals surface area contributed by atoms with Crippen LogP contribution in [0.2, 0.25) is 0 Å². The van der Waals surface area contributed by atoms with Crippen LogP contribution >= 0.6 is 0 Å². The first kappa shape index (κ1) is 89.4. The Hall–Kier alpha value is -4.85. The number of hydrogen-bond acceptors (Lipinski definition) is 18. The maximum Gasteiger partial charge on any atom is 0.220 e. The highest BCUT2D eigenvalue weighted by atomic mass is 16.8. The summed E-state index contributed by atoms with van der Waals surface area (Å²) in [5.41, 5.74) is 0. The molecule has 3 aliphatic rings. The Bertz CT molecular complexity index is 2480. The zero-order valence-electron chi connectivity index (χ0n) is 60.1. The van der Waals surface area contributed by atoms with E-state index in [4.69, 9.17) is 28.4 Å². The zero-order chi connectivity index (χ0) is 72.5. The number of carbonyl (C=O) groups is 1. The van der Waals surface area contributed by atoms with Gasteiger partial charge in [-0.2, -0.15) is 0 Å². The van der Waals surface area contributed by atoms with Gasteiger partial charge in [0.15, 0.2) is 18.9 Å². The van der Waals surface area contributed by atoms with Crippen LogP contribution in [0.15, 0.2) is 170 Å². The summed E-state index contributed by atoms with van der Waals surface area (Å²) in [5, 5.41) is 120. The Morgan fingerprint density at radius 3 is 1.12 bits per heavy atom. The SMILES string of the molecule is CC/C=C\C/C=C\C/C=C\C/C=C\C/C=C\C/C=C\C/C=C\C/C=C\C/C=C\C/C=C\C/C=C\C/C=C\CCCCCCC(=O)NC(COC1OC(CO)C(OC2OC(CO)C(OC3OC(CO)C(O)C(O)C3O)C(O)C2O)C(O)C1O)C(O)/C=C/CC/C=C/CCCCCCCCCC. The van der Waals surface area contributed by atoms with E-state index in [1.807, 2.05) is 6.08 Å². The molecule has 3 rings (SSSR count). The number of aliphatic hydroxyl groups is 11. The van der Waals surface area contributed by atoms with Gasteiger partial charge in [-0.3, -0.25) is 4.79 Å². The van der Waals surface area contributed by atoms with Crippen LogP contribution in [0.1, 0.15) is 200 Å². The van der Waals surface area contributed by atoms with Crippen molar-refractivity contribution in [3.05, 3.63) is 170 Å². The van der Waals surface area contributed by atoms with Crippen molar-refractivity contribution in [2.24, 2.45) is 0 Å². The molecular formula is C81H129NO18. The third-order valence-electron chi connectivity index (χ3n) is 17.2. The van der Waals surface area contributed by atoms with Crippen LogP contribution in [0.3, 0.4) is 0 Å². The largest absolute Gasteiger partial charge is 0.394 e. The third kappa shape index (κ3) is 39.7. The molecule has 3 aliphatic heterocycles. The Kier molecular flexibility index (Phi) is 53.2. The predicted octanol–water partition coefficient (Wildman–Crippen LogP) is 11.4. The van der Waals surface area contributed by atoms with Gasteiger partial charge in [-0.1, -0.05) is 242 Å². The first-order valence-electron chi connectivity index (χ1n) is 37.4. The molecule has 566 valence electrons. The van der Waals surface area contributed by atoms with Gasteiger partial charge < -0.3 is 89.9 Å². The molecule has 3 heterocycles. The van der Waals surface area contributed by atoms with E-state index in [1.54, 1.807) is 6.08 Å². The number of allylic oxidation sites excluding steroid dienone is 27. The normalized spacial score (nSPS) is 27.5. The molecule has 0 aromatic carbocycles. The molecular weight excluding hydrogens is 1270 g/mol. The van der Waals surface area contributed by atoms with Crippen LogP contribution in [0.25, 0.3) is 0 Å². The monoisotopic (exact) mass is 1400 g/mol. The molecule has 19 nitrogen and oxygen atoms in total. The molecule has 19 heteroatoms. The highest BCUT2D eigenvalue weighted by Crippen LogP contribution is 2.33. The van der Waals surface area contributed by atoms with Crippen molar-refractivity contribution in [1.82, 2.24) is 5.32 Å². The number of rotatable bonds is 55. The van der Waals surface area contributed by atoms with Crippen molar-refractivity contribution in [3.8, 4) is 0 Å². The van der Waals surface area contributed by atoms with Crippen LogP contribution < -0.4 is 5.32 Å². The Morgan fingerprint density at radius 1 is 0.370 bits per heavy atom. The summed E-state index contributed by atoms with van der Waals surface area (Å²) in [4.78, 5) is 13.4. The molecule has 0 spiro atoms. The van der Waals surface area contributed by atoms with Crippen molar-refractivity contribution >= 4 is 5.91 Å². The first-order chi connectivity index (χ1) is 48.8. The second-order valence-corrected chi connectivity index (χ2v) is 25.7. The van der Waals surface area contributed by atoms with E-state index >= 15 is 0 Å². The maximum absolute atomic E-state index is 13.4. The van der Waals surface area contributed by atoms with Crippen molar-refractivity contribution in [2.45, 2.75) is 304 Å². The van der Waals surface area contributed by atoms with E-state index in [1.165, 1.54) is 44.9 Å². The van der Waals surface area contributed by atoms with Crippen LogP contribution in [0.5, 0.6) is 0 Å². The van der Waals surface area contributed by atoms with Gasteiger partial charge in [0.25, 0.3) is 0 Å². The van der Waals surface area contributed by atoms with Crippen LogP contribution in [0.4, 0.5) is 0 Å². The summed E-state index contributed by atoms with van der Waals surface area (Å²) in [6.45, 7) is 1.54. The standard InChI is InChI=1S/C81H129NO18/c1-3-5-7-9-11-13-15-17-19-20-21-22-23-24-25-26-27-28-29-30-31-32-33-34-35-36-37-38-39-40-41-42-43-44-45-47-49-51-53-55-57-59-69(87)82-64(65(86)58-56-54-52-50-48-46-18-16-14-12-10-8-6-4-2)63-95-79-75(93)72(90)77(67(61-84)97-79)100-81-76(94)73(91)78(68(62-85)98-81)99-80-74(92)71(89)70(88)66(60-83)96-80/h5,7,11,13,17,19,21-22,24-25,27-28,30-31,33-34,36-37,39-40,42-43,45,47-48,50,56,58,64-68,70-81,83-86,88-94H,3-4,6,8-10,12,14-16,18,20,23,26,29,32,35,38,41,44,46,49,51-55,57,59-63H2,1-2H3,(H,82,87)/b7-5-,13-11-,19-17-,22-21-,25-24-,28-27-,31-30-,34-33-,37-36-,40-39-,43-42-,47-45-,50-48+,58-56+. The van der Waals surface area contributed by atoms with Crippen molar-refractivity contribution < 1.29 is 89.4 Å². The Morgan fingerprint density at radius 2 is 0.700 bits per heavy atom. The number of nitrogens with one attached hydrogen (secondary N) is 1. The Labute approximate surface area is 598 Å². The van der Waals surface area contributed by atoms with E-state index in [9.17, 15) is 61.0 Å². The number of carbonyl (C=O) groups excluding carboxylic acids is 1. The molecule has 0 aromatic rings. The fourth-order valence-corrected chi connectivity index (χ4v) is 11.2. The van der Waals surface area contributed by atoms with Crippen molar-refractivity contribution in [1.29, 1.82) is 0 Å². The van der Waals surface area contributed by atoms with Gasteiger partial charge in [0.2, 0.25) is 5.91 Å². The fourth-order valence-electron chi connectivity index (χ4n) is 11.2. The molecule has 0 bridgehead atoms. The predicted molar refractivity (Wildman–Crippen MR) is 396 cm³/mol. The summed E-state index contributed by atoms with van der Waals surface area (Å²) < 4.78 is 34.3. The third-order valence-corrected chi connectivity index (χ3v) is 17.2. The molecule has 3 fully saturated rings. The average Bonchev–Trinajstić information content (AvgIpc) is 0.783. The minimum atomic E-state index is -1.99. The van der Waals surface area contributed by atoms with Gasteiger partial charge in [-0.25, -0.2) is 0 Å². The molecule has 3 saturated heterocycles. The van der Waals surface area contributed by atoms with E-state index in [0.717, 1.165) is 122 Å². The smallest absolute Gasteiger partial charge is 0.220 e. The van der Waals surface area contributed by atoms with Crippen LogP contribution in [-0.2, 0) is 33.2 Å². The van der Waals surface area contributed by atoms with Gasteiger partial charge >= 0.3 is 0 Å². The molecule has 0 aliphatic carbocycles. The first-order valence-corrected chi connectivity index (χ1v) is 37.4. The highest BCUT2D eigenvalue weighted by molar-refractivity contribution is 5.76. The molecule has 100 heavy (non-hydrogen) atoms. The lowest BCUT2D eigenvalue weighted by Crippen LogP contribution is -2.66. The number of amides is 1. The maximum atomic E-state index is 13.4. The highest BCUT2D eigenvalue weighted by Gasteiger charge is 2.53. The lowest BCUT2D eigenvalue weighted by molar-refractivity contribution is -0.379. The van der Waals surface area contributed by atoms with Gasteiger partial charge in [-0.05, 0) is 122 Å².